The van der Waals surface area contributed by atoms with Crippen LogP contribution in [-0.4, -0.2) is 51.2 Å². The van der Waals surface area contributed by atoms with E-state index >= 15 is 0 Å². The van der Waals surface area contributed by atoms with Gasteiger partial charge >= 0.3 is 0 Å². The standard InChI is InChI=1S/C16H22N2O3S.ClH/c19-16(18-9-7-17-8-10-18)6-11-22(20,21)15-5-4-13-2-1-3-14(13)12-15;/h4-5,12,17H,1-3,6-11H2;1H. The molecular formula is C16H23ClN2O3S. The summed E-state index contributed by atoms with van der Waals surface area (Å²) in [6, 6.07) is 5.41. The van der Waals surface area contributed by atoms with Crippen molar-refractivity contribution in [1.82, 2.24) is 10.2 Å². The van der Waals surface area contributed by atoms with E-state index in [1.165, 1.54) is 5.56 Å². The van der Waals surface area contributed by atoms with E-state index in [2.05, 4.69) is 5.32 Å². The number of carbonyl (C=O) groups is 1. The molecule has 0 atom stereocenters. The van der Waals surface area contributed by atoms with Crippen LogP contribution in [0.15, 0.2) is 23.1 Å². The second-order valence-electron chi connectivity index (χ2n) is 5.98. The number of carbonyl (C=O) groups excluding carboxylic acids is 1. The molecule has 1 N–H and O–H groups in total. The predicted octanol–water partition coefficient (Wildman–Crippen LogP) is 1.19. The van der Waals surface area contributed by atoms with Crippen molar-refractivity contribution < 1.29 is 13.2 Å². The van der Waals surface area contributed by atoms with Crippen molar-refractivity contribution in [3.05, 3.63) is 29.3 Å². The Hall–Kier alpha value is -1.11. The summed E-state index contributed by atoms with van der Waals surface area (Å²) in [6.45, 7) is 2.89. The van der Waals surface area contributed by atoms with Crippen molar-refractivity contribution in [1.29, 1.82) is 0 Å². The number of benzene rings is 1. The minimum absolute atomic E-state index is 0. The molecule has 7 heteroatoms. The Bertz CT molecular complexity index is 670. The molecule has 1 aliphatic heterocycles. The summed E-state index contributed by atoms with van der Waals surface area (Å²) in [5.74, 6) is -0.166. The molecule has 1 aromatic carbocycles. The Balaban J connectivity index is 0.00000192. The van der Waals surface area contributed by atoms with Crippen molar-refractivity contribution in [2.24, 2.45) is 0 Å². The van der Waals surface area contributed by atoms with Crippen molar-refractivity contribution >= 4 is 28.2 Å². The Morgan fingerprint density at radius 1 is 1.13 bits per heavy atom. The van der Waals surface area contributed by atoms with Gasteiger partial charge in [0.25, 0.3) is 0 Å². The molecule has 1 saturated heterocycles. The van der Waals surface area contributed by atoms with E-state index in [1.54, 1.807) is 17.0 Å². The van der Waals surface area contributed by atoms with Crippen molar-refractivity contribution in [3.63, 3.8) is 0 Å². The van der Waals surface area contributed by atoms with E-state index in [0.29, 0.717) is 18.0 Å². The number of nitrogens with one attached hydrogen (secondary N) is 1. The van der Waals surface area contributed by atoms with Crippen LogP contribution in [0.1, 0.15) is 24.0 Å². The Morgan fingerprint density at radius 2 is 1.83 bits per heavy atom. The third-order valence-corrected chi connectivity index (χ3v) is 6.20. The van der Waals surface area contributed by atoms with Crippen molar-refractivity contribution in [3.8, 4) is 0 Å². The monoisotopic (exact) mass is 358 g/mol. The lowest BCUT2D eigenvalue weighted by Gasteiger charge is -2.27. The highest BCUT2D eigenvalue weighted by Gasteiger charge is 2.22. The zero-order valence-electron chi connectivity index (χ0n) is 13.1. The molecule has 1 aliphatic carbocycles. The quantitative estimate of drug-likeness (QED) is 0.878. The lowest BCUT2D eigenvalue weighted by Crippen LogP contribution is -2.46. The molecule has 1 fully saturated rings. The van der Waals surface area contributed by atoms with Crippen molar-refractivity contribution in [2.75, 3.05) is 31.9 Å². The number of hydrogen-bond donors (Lipinski definition) is 1. The molecule has 0 aromatic heterocycles. The molecule has 1 amide bonds. The van der Waals surface area contributed by atoms with Crippen LogP contribution >= 0.6 is 12.4 Å². The predicted molar refractivity (Wildman–Crippen MR) is 91.8 cm³/mol. The third kappa shape index (κ3) is 4.25. The number of fused-ring (bicyclic) bond motifs is 1. The minimum Gasteiger partial charge on any atom is -0.340 e. The Labute approximate surface area is 143 Å². The fraction of sp³-hybridized carbons (Fsp3) is 0.562. The van der Waals surface area contributed by atoms with Gasteiger partial charge in [-0.15, -0.1) is 12.4 Å². The molecule has 1 aromatic rings. The number of halogens is 1. The number of sulfone groups is 1. The lowest BCUT2D eigenvalue weighted by atomic mass is 10.1. The zero-order chi connectivity index (χ0) is 15.6. The molecule has 0 spiro atoms. The van der Waals surface area contributed by atoms with Gasteiger partial charge in [-0.3, -0.25) is 4.79 Å². The number of rotatable bonds is 4. The summed E-state index contributed by atoms with van der Waals surface area (Å²) in [5, 5.41) is 3.18. The number of hydrogen-bond acceptors (Lipinski definition) is 4. The maximum atomic E-state index is 12.4. The van der Waals surface area contributed by atoms with Gasteiger partial charge in [0.05, 0.1) is 10.6 Å². The van der Waals surface area contributed by atoms with E-state index in [1.807, 2.05) is 6.07 Å². The van der Waals surface area contributed by atoms with E-state index in [9.17, 15) is 13.2 Å². The smallest absolute Gasteiger partial charge is 0.223 e. The first-order valence-corrected chi connectivity index (χ1v) is 9.54. The van der Waals surface area contributed by atoms with E-state index in [-0.39, 0.29) is 30.5 Å². The van der Waals surface area contributed by atoms with Crippen molar-refractivity contribution in [2.45, 2.75) is 30.6 Å². The highest BCUT2D eigenvalue weighted by Crippen LogP contribution is 2.25. The van der Waals surface area contributed by atoms with E-state index in [0.717, 1.165) is 37.9 Å². The molecule has 2 aliphatic rings. The van der Waals surface area contributed by atoms with Crippen LogP contribution in [-0.2, 0) is 27.5 Å². The summed E-state index contributed by atoms with van der Waals surface area (Å²) >= 11 is 0. The number of piperazine rings is 1. The summed E-state index contributed by atoms with van der Waals surface area (Å²) in [7, 11) is -3.38. The number of aryl methyl sites for hydroxylation is 2. The number of nitrogens with zero attached hydrogens (tertiary/aromatic N) is 1. The summed E-state index contributed by atoms with van der Waals surface area (Å²) in [4.78, 5) is 14.2. The second kappa shape index (κ2) is 7.64. The van der Waals surface area contributed by atoms with Gasteiger partial charge in [0.15, 0.2) is 9.84 Å². The van der Waals surface area contributed by atoms with E-state index < -0.39 is 9.84 Å². The fourth-order valence-corrected chi connectivity index (χ4v) is 4.43. The molecule has 23 heavy (non-hydrogen) atoms. The van der Waals surface area contributed by atoms with Crippen LogP contribution in [0, 0.1) is 0 Å². The summed E-state index contributed by atoms with van der Waals surface area (Å²) in [5.41, 5.74) is 2.41. The molecular weight excluding hydrogens is 336 g/mol. The molecule has 0 bridgehead atoms. The first-order valence-electron chi connectivity index (χ1n) is 7.89. The third-order valence-electron chi connectivity index (χ3n) is 4.48. The maximum absolute atomic E-state index is 12.4. The molecule has 0 radical (unpaired) electrons. The van der Waals surface area contributed by atoms with Crippen LogP contribution in [0.4, 0.5) is 0 Å². The normalized spacial score (nSPS) is 17.5. The van der Waals surface area contributed by atoms with Gasteiger partial charge in [0.2, 0.25) is 5.91 Å². The average molecular weight is 359 g/mol. The van der Waals surface area contributed by atoms with Crippen LogP contribution in [0.5, 0.6) is 0 Å². The van der Waals surface area contributed by atoms with Gasteiger partial charge in [0, 0.05) is 32.6 Å². The van der Waals surface area contributed by atoms with Crippen LogP contribution in [0.3, 0.4) is 0 Å². The van der Waals surface area contributed by atoms with Crippen LogP contribution in [0.25, 0.3) is 0 Å². The first-order chi connectivity index (χ1) is 10.6. The largest absolute Gasteiger partial charge is 0.340 e. The average Bonchev–Trinajstić information content (AvgIpc) is 3.01. The Morgan fingerprint density at radius 3 is 2.57 bits per heavy atom. The van der Waals surface area contributed by atoms with Gasteiger partial charge in [-0.1, -0.05) is 6.07 Å². The fourth-order valence-electron chi connectivity index (χ4n) is 3.15. The summed E-state index contributed by atoms with van der Waals surface area (Å²) in [6.07, 6.45) is 3.16. The lowest BCUT2D eigenvalue weighted by molar-refractivity contribution is -0.131. The van der Waals surface area contributed by atoms with Gasteiger partial charge in [-0.2, -0.15) is 0 Å². The summed E-state index contributed by atoms with van der Waals surface area (Å²) < 4.78 is 24.9. The van der Waals surface area contributed by atoms with Gasteiger partial charge in [-0.05, 0) is 42.5 Å². The van der Waals surface area contributed by atoms with E-state index in [4.69, 9.17) is 0 Å². The Kier molecular flexibility index (Phi) is 6.06. The first kappa shape index (κ1) is 18.2. The van der Waals surface area contributed by atoms with Gasteiger partial charge < -0.3 is 10.2 Å². The zero-order valence-corrected chi connectivity index (χ0v) is 14.7. The van der Waals surface area contributed by atoms with Gasteiger partial charge in [0.1, 0.15) is 0 Å². The number of amides is 1. The molecule has 3 rings (SSSR count). The molecule has 128 valence electrons. The van der Waals surface area contributed by atoms with Crippen LogP contribution in [0.2, 0.25) is 0 Å². The topological polar surface area (TPSA) is 66.5 Å². The van der Waals surface area contributed by atoms with Gasteiger partial charge in [-0.25, -0.2) is 8.42 Å². The SMILES string of the molecule is Cl.O=C(CCS(=O)(=O)c1ccc2c(c1)CCC2)N1CCNCC1. The highest BCUT2D eigenvalue weighted by atomic mass is 35.5. The minimum atomic E-state index is -3.38. The molecule has 5 nitrogen and oxygen atoms in total. The maximum Gasteiger partial charge on any atom is 0.223 e. The molecule has 0 unspecified atom stereocenters. The molecule has 0 saturated carbocycles. The molecule has 1 heterocycles. The highest BCUT2D eigenvalue weighted by molar-refractivity contribution is 7.91. The van der Waals surface area contributed by atoms with Crippen LogP contribution < -0.4 is 5.32 Å². The second-order valence-corrected chi connectivity index (χ2v) is 8.09.